The van der Waals surface area contributed by atoms with E-state index in [1.807, 2.05) is 59.2 Å². The maximum Gasteiger partial charge on any atom is 0.342 e. The lowest BCUT2D eigenvalue weighted by Crippen LogP contribution is -2.34. The number of benzene rings is 3. The molecule has 0 aliphatic rings. The number of nitrogens with zero attached hydrogens (tertiary/aromatic N) is 3. The molecule has 0 saturated heterocycles. The van der Waals surface area contributed by atoms with Crippen molar-refractivity contribution in [2.75, 3.05) is 5.75 Å². The minimum absolute atomic E-state index is 0.0709. The van der Waals surface area contributed by atoms with Crippen molar-refractivity contribution >= 4 is 67.3 Å². The van der Waals surface area contributed by atoms with Crippen molar-refractivity contribution in [2.24, 2.45) is 5.10 Å². The van der Waals surface area contributed by atoms with E-state index in [0.29, 0.717) is 20.2 Å². The quantitative estimate of drug-likeness (QED) is 0.134. The Labute approximate surface area is 221 Å². The molecule has 0 bridgehead atoms. The summed E-state index contributed by atoms with van der Waals surface area (Å²) in [6, 6.07) is 20.4. The number of hydrogen-bond acceptors (Lipinski definition) is 5. The van der Waals surface area contributed by atoms with E-state index in [-0.39, 0.29) is 17.4 Å². The van der Waals surface area contributed by atoms with Crippen LogP contribution >= 0.6 is 55.2 Å². The number of hydrogen-bond donors (Lipinski definition) is 2. The van der Waals surface area contributed by atoms with E-state index in [2.05, 4.69) is 52.6 Å². The zero-order valence-electron chi connectivity index (χ0n) is 17.3. The molecule has 34 heavy (non-hydrogen) atoms. The van der Waals surface area contributed by atoms with E-state index in [0.717, 1.165) is 21.5 Å². The van der Waals surface area contributed by atoms with Gasteiger partial charge in [-0.15, -0.1) is 5.10 Å². The normalized spacial score (nSPS) is 11.1. The number of halogens is 3. The molecule has 4 aromatic rings. The highest BCUT2D eigenvalue weighted by Gasteiger charge is 2.24. The largest absolute Gasteiger partial charge is 0.871 e. The van der Waals surface area contributed by atoms with Gasteiger partial charge in [0.05, 0.1) is 22.6 Å². The molecule has 11 heteroatoms. The van der Waals surface area contributed by atoms with E-state index in [4.69, 9.17) is 11.6 Å². The molecule has 0 radical (unpaired) electrons. The van der Waals surface area contributed by atoms with Crippen LogP contribution in [-0.2, 0) is 4.79 Å². The van der Waals surface area contributed by atoms with Crippen LogP contribution in [0.15, 0.2) is 85.9 Å². The van der Waals surface area contributed by atoms with Crippen LogP contribution in [0.4, 0.5) is 0 Å². The summed E-state index contributed by atoms with van der Waals surface area (Å²) < 4.78 is 3.07. The number of aromatic amines is 1. The summed E-state index contributed by atoms with van der Waals surface area (Å²) in [5.41, 5.74) is 4.59. The predicted molar refractivity (Wildman–Crippen MR) is 138 cm³/mol. The molecular formula is C23H16Br2ClN5O2S. The molecule has 0 unspecified atom stereocenters. The van der Waals surface area contributed by atoms with Gasteiger partial charge in [0.15, 0.2) is 0 Å². The van der Waals surface area contributed by atoms with E-state index >= 15 is 0 Å². The second kappa shape index (κ2) is 11.2. The first kappa shape index (κ1) is 24.5. The molecule has 0 saturated carbocycles. The number of thioether (sulfide) groups is 1. The van der Waals surface area contributed by atoms with Gasteiger partial charge in [-0.25, -0.2) is 5.43 Å². The summed E-state index contributed by atoms with van der Waals surface area (Å²) >= 11 is 13.8. The van der Waals surface area contributed by atoms with Gasteiger partial charge < -0.3 is 5.11 Å². The van der Waals surface area contributed by atoms with Gasteiger partial charge in [0.25, 0.3) is 11.7 Å². The summed E-state index contributed by atoms with van der Waals surface area (Å²) in [5, 5.41) is 24.8. The number of aromatic nitrogens is 3. The molecule has 0 spiro atoms. The lowest BCUT2D eigenvalue weighted by molar-refractivity contribution is -0.625. The first-order valence-corrected chi connectivity index (χ1v) is 12.8. The van der Waals surface area contributed by atoms with Gasteiger partial charge >= 0.3 is 5.16 Å². The molecule has 0 aliphatic heterocycles. The van der Waals surface area contributed by atoms with Gasteiger partial charge in [0, 0.05) is 14.0 Å². The Hall–Kier alpha value is -2.66. The van der Waals surface area contributed by atoms with E-state index in [9.17, 15) is 9.90 Å². The SMILES string of the molecule is O=C(CSc1n[nH]c(-c2ccc(Cl)cc2)[n+]1-c1ccccc1)N/N=C/c1cc(Br)cc(Br)c1[O-]. The van der Waals surface area contributed by atoms with Crippen LogP contribution in [0.2, 0.25) is 5.02 Å². The van der Waals surface area contributed by atoms with Gasteiger partial charge in [0.2, 0.25) is 0 Å². The summed E-state index contributed by atoms with van der Waals surface area (Å²) in [6.07, 6.45) is 1.32. The average Bonchev–Trinajstić information content (AvgIpc) is 3.25. The fraction of sp³-hybridized carbons (Fsp3) is 0.0435. The van der Waals surface area contributed by atoms with Crippen LogP contribution in [0, 0.1) is 0 Å². The van der Waals surface area contributed by atoms with Crippen molar-refractivity contribution in [3.05, 3.63) is 86.3 Å². The number of nitrogens with one attached hydrogen (secondary N) is 2. The minimum atomic E-state index is -0.335. The Bertz CT molecular complexity index is 1350. The molecule has 0 atom stereocenters. The first-order valence-electron chi connectivity index (χ1n) is 9.85. The zero-order chi connectivity index (χ0) is 24.1. The summed E-state index contributed by atoms with van der Waals surface area (Å²) in [6.45, 7) is 0. The molecule has 0 fully saturated rings. The summed E-state index contributed by atoms with van der Waals surface area (Å²) in [5.74, 6) is 0.276. The van der Waals surface area contributed by atoms with Gasteiger partial charge in [0.1, 0.15) is 5.69 Å². The minimum Gasteiger partial charge on any atom is -0.871 e. The van der Waals surface area contributed by atoms with Gasteiger partial charge in [-0.1, -0.05) is 67.4 Å². The smallest absolute Gasteiger partial charge is 0.342 e. The number of H-pyrrole nitrogens is 1. The molecule has 0 aliphatic carbocycles. The fourth-order valence-corrected chi connectivity index (χ4v) is 5.17. The molecular weight excluding hydrogens is 606 g/mol. The highest BCUT2D eigenvalue weighted by Crippen LogP contribution is 2.28. The topological polar surface area (TPSA) is 97.1 Å². The molecule has 7 nitrogen and oxygen atoms in total. The Kier molecular flexibility index (Phi) is 8.04. The van der Waals surface area contributed by atoms with Crippen LogP contribution in [-0.4, -0.2) is 28.1 Å². The van der Waals surface area contributed by atoms with Crippen molar-refractivity contribution < 1.29 is 14.5 Å². The van der Waals surface area contributed by atoms with Crippen molar-refractivity contribution in [1.29, 1.82) is 0 Å². The second-order valence-corrected chi connectivity index (χ2v) is 10.1. The monoisotopic (exact) mass is 619 g/mol. The number of carbonyl (C=O) groups is 1. The van der Waals surface area contributed by atoms with Crippen molar-refractivity contribution in [1.82, 2.24) is 15.6 Å². The third-order valence-corrected chi connectivity index (χ3v) is 6.80. The lowest BCUT2D eigenvalue weighted by atomic mass is 10.2. The summed E-state index contributed by atoms with van der Waals surface area (Å²) in [7, 11) is 0. The van der Waals surface area contributed by atoms with Gasteiger partial charge in [-0.05, 0) is 65.9 Å². The standard InChI is InChI=1S/C23H16Br2ClN5O2S/c24-16-10-15(21(33)19(25)11-16)12-27-28-20(32)13-34-23-30-29-22(14-6-8-17(26)9-7-14)31(23)18-4-2-1-3-5-18/h1-12H,13H2,(H2,27,28,32,33). The van der Waals surface area contributed by atoms with Crippen LogP contribution in [0.25, 0.3) is 17.1 Å². The van der Waals surface area contributed by atoms with E-state index < -0.39 is 0 Å². The summed E-state index contributed by atoms with van der Waals surface area (Å²) in [4.78, 5) is 12.4. The lowest BCUT2D eigenvalue weighted by Gasteiger charge is -2.12. The van der Waals surface area contributed by atoms with Crippen LogP contribution in [0.1, 0.15) is 5.56 Å². The highest BCUT2D eigenvalue weighted by molar-refractivity contribution is 9.11. The maximum atomic E-state index is 12.4. The Morgan fingerprint density at radius 3 is 2.65 bits per heavy atom. The van der Waals surface area contributed by atoms with Crippen molar-refractivity contribution in [3.63, 3.8) is 0 Å². The van der Waals surface area contributed by atoms with Crippen molar-refractivity contribution in [3.8, 4) is 22.8 Å². The van der Waals surface area contributed by atoms with Gasteiger partial charge in [-0.3, -0.25) is 4.79 Å². The van der Waals surface area contributed by atoms with Crippen LogP contribution < -0.4 is 15.1 Å². The number of rotatable bonds is 7. The molecule has 172 valence electrons. The molecule has 1 aromatic heterocycles. The number of carbonyl (C=O) groups excluding carboxylic acids is 1. The Morgan fingerprint density at radius 1 is 1.18 bits per heavy atom. The maximum absolute atomic E-state index is 12.4. The first-order chi connectivity index (χ1) is 16.4. The van der Waals surface area contributed by atoms with Gasteiger partial charge in [-0.2, -0.15) is 9.67 Å². The number of amides is 1. The zero-order valence-corrected chi connectivity index (χ0v) is 22.1. The third-order valence-electron chi connectivity index (χ3n) is 4.57. The number of para-hydroxylation sites is 1. The molecule has 1 heterocycles. The van der Waals surface area contributed by atoms with Crippen LogP contribution in [0.3, 0.4) is 0 Å². The van der Waals surface area contributed by atoms with E-state index in [1.165, 1.54) is 18.0 Å². The second-order valence-electron chi connectivity index (χ2n) is 6.92. The van der Waals surface area contributed by atoms with E-state index in [1.54, 1.807) is 12.1 Å². The molecule has 2 N–H and O–H groups in total. The average molecular weight is 622 g/mol. The molecule has 3 aromatic carbocycles. The predicted octanol–water partition coefficient (Wildman–Crippen LogP) is 4.85. The fourth-order valence-electron chi connectivity index (χ4n) is 3.02. The third kappa shape index (κ3) is 5.87. The highest BCUT2D eigenvalue weighted by atomic mass is 79.9. The Balaban J connectivity index is 1.50. The molecule has 1 amide bonds. The van der Waals surface area contributed by atoms with Crippen molar-refractivity contribution in [2.45, 2.75) is 5.16 Å². The number of hydrazone groups is 1. The van der Waals surface area contributed by atoms with Crippen LogP contribution in [0.5, 0.6) is 5.75 Å². The molecule has 4 rings (SSSR count). The Morgan fingerprint density at radius 2 is 1.91 bits per heavy atom.